The Morgan fingerprint density at radius 2 is 1.77 bits per heavy atom. The van der Waals surface area contributed by atoms with Crippen molar-refractivity contribution in [1.82, 2.24) is 15.2 Å². The summed E-state index contributed by atoms with van der Waals surface area (Å²) in [5, 5.41) is 12.2. The zero-order valence-corrected chi connectivity index (χ0v) is 13.8. The monoisotopic (exact) mass is 319 g/mol. The highest BCUT2D eigenvalue weighted by atomic mass is 35.5. The van der Waals surface area contributed by atoms with Crippen molar-refractivity contribution < 1.29 is 0 Å². The molecule has 2 rings (SSSR count). The van der Waals surface area contributed by atoms with E-state index in [-0.39, 0.29) is 0 Å². The lowest BCUT2D eigenvalue weighted by Gasteiger charge is -2.21. The largest absolute Gasteiger partial charge is 0.365 e. The Kier molecular flexibility index (Phi) is 6.40. The molecule has 1 aromatic carbocycles. The molecular formula is C16H22ClN5. The summed E-state index contributed by atoms with van der Waals surface area (Å²) in [5.41, 5.74) is 1.14. The normalized spacial score (nSPS) is 10.5. The number of rotatable bonds is 8. The van der Waals surface area contributed by atoms with Crippen molar-refractivity contribution in [2.45, 2.75) is 33.2 Å². The van der Waals surface area contributed by atoms with E-state index in [9.17, 15) is 0 Å². The smallest absolute Gasteiger partial charge is 0.247 e. The maximum absolute atomic E-state index is 5.89. The maximum atomic E-state index is 5.89. The van der Waals surface area contributed by atoms with Crippen LogP contribution in [0.5, 0.6) is 0 Å². The Bertz CT molecular complexity index is 567. The first kappa shape index (κ1) is 16.5. The van der Waals surface area contributed by atoms with E-state index in [2.05, 4.69) is 39.2 Å². The van der Waals surface area contributed by atoms with E-state index in [0.717, 1.165) is 42.3 Å². The van der Waals surface area contributed by atoms with Crippen molar-refractivity contribution in [3.05, 3.63) is 41.0 Å². The Labute approximate surface area is 136 Å². The first-order chi connectivity index (χ1) is 10.7. The summed E-state index contributed by atoms with van der Waals surface area (Å²) in [4.78, 5) is 6.73. The second-order valence-corrected chi connectivity index (χ2v) is 5.55. The van der Waals surface area contributed by atoms with E-state index in [1.165, 1.54) is 0 Å². The van der Waals surface area contributed by atoms with E-state index in [1.54, 1.807) is 6.20 Å². The molecule has 0 aliphatic carbocycles. The second-order valence-electron chi connectivity index (χ2n) is 5.11. The van der Waals surface area contributed by atoms with Gasteiger partial charge in [-0.25, -0.2) is 0 Å². The van der Waals surface area contributed by atoms with Gasteiger partial charge in [0.2, 0.25) is 5.95 Å². The molecule has 5 nitrogen and oxygen atoms in total. The Hall–Kier alpha value is -1.88. The number of halogens is 1. The van der Waals surface area contributed by atoms with Gasteiger partial charge in [-0.2, -0.15) is 10.1 Å². The molecule has 1 heterocycles. The highest BCUT2D eigenvalue weighted by Gasteiger charge is 2.09. The fourth-order valence-corrected chi connectivity index (χ4v) is 2.29. The van der Waals surface area contributed by atoms with E-state index >= 15 is 0 Å². The van der Waals surface area contributed by atoms with Gasteiger partial charge in [-0.05, 0) is 30.5 Å². The number of hydrogen-bond donors (Lipinski definition) is 1. The molecule has 1 aromatic heterocycles. The second kappa shape index (κ2) is 8.54. The van der Waals surface area contributed by atoms with Crippen LogP contribution < -0.4 is 10.2 Å². The van der Waals surface area contributed by atoms with Crippen molar-refractivity contribution in [1.29, 1.82) is 0 Å². The van der Waals surface area contributed by atoms with Crippen LogP contribution in [0, 0.1) is 0 Å². The van der Waals surface area contributed by atoms with Crippen LogP contribution in [-0.4, -0.2) is 28.3 Å². The molecule has 0 saturated carbocycles. The highest BCUT2D eigenvalue weighted by molar-refractivity contribution is 6.30. The third kappa shape index (κ3) is 4.84. The minimum atomic E-state index is 0.677. The molecule has 0 radical (unpaired) electrons. The molecule has 2 aromatic rings. The number of hydrogen-bond acceptors (Lipinski definition) is 5. The van der Waals surface area contributed by atoms with Crippen LogP contribution in [0.2, 0.25) is 5.02 Å². The summed E-state index contributed by atoms with van der Waals surface area (Å²) in [6, 6.07) is 7.75. The van der Waals surface area contributed by atoms with Gasteiger partial charge in [-0.1, -0.05) is 37.6 Å². The molecule has 0 aliphatic heterocycles. The molecule has 1 N–H and O–H groups in total. The van der Waals surface area contributed by atoms with Crippen LogP contribution in [0.15, 0.2) is 30.5 Å². The first-order valence-corrected chi connectivity index (χ1v) is 8.03. The number of anilines is 2. The van der Waals surface area contributed by atoms with Crippen molar-refractivity contribution in [3.63, 3.8) is 0 Å². The predicted molar refractivity (Wildman–Crippen MR) is 91.4 cm³/mol. The number of nitrogens with zero attached hydrogens (tertiary/aromatic N) is 4. The quantitative estimate of drug-likeness (QED) is 0.802. The van der Waals surface area contributed by atoms with Gasteiger partial charge < -0.3 is 10.2 Å². The topological polar surface area (TPSA) is 53.9 Å². The molecule has 0 atom stereocenters. The first-order valence-electron chi connectivity index (χ1n) is 7.66. The van der Waals surface area contributed by atoms with E-state index in [0.29, 0.717) is 12.5 Å². The Morgan fingerprint density at radius 3 is 2.41 bits per heavy atom. The minimum absolute atomic E-state index is 0.677. The SMILES string of the molecule is CCCN(CCC)c1nncc(NCc2ccc(Cl)cc2)n1. The number of nitrogens with one attached hydrogen (secondary N) is 1. The minimum Gasteiger partial charge on any atom is -0.365 e. The van der Waals surface area contributed by atoms with Gasteiger partial charge in [0.1, 0.15) is 0 Å². The highest BCUT2D eigenvalue weighted by Crippen LogP contribution is 2.13. The molecule has 6 heteroatoms. The van der Waals surface area contributed by atoms with Crippen LogP contribution in [0.3, 0.4) is 0 Å². The van der Waals surface area contributed by atoms with E-state index in [4.69, 9.17) is 11.6 Å². The van der Waals surface area contributed by atoms with Crippen molar-refractivity contribution >= 4 is 23.4 Å². The Morgan fingerprint density at radius 1 is 1.09 bits per heavy atom. The average Bonchev–Trinajstić information content (AvgIpc) is 2.54. The molecule has 0 spiro atoms. The van der Waals surface area contributed by atoms with Crippen molar-refractivity contribution in [2.75, 3.05) is 23.3 Å². The lowest BCUT2D eigenvalue weighted by molar-refractivity contribution is 0.710. The molecule has 0 unspecified atom stereocenters. The van der Waals surface area contributed by atoms with Gasteiger partial charge in [-0.15, -0.1) is 5.10 Å². The van der Waals surface area contributed by atoms with Gasteiger partial charge in [-0.3, -0.25) is 0 Å². The number of benzene rings is 1. The fraction of sp³-hybridized carbons (Fsp3) is 0.438. The molecule has 22 heavy (non-hydrogen) atoms. The molecular weight excluding hydrogens is 298 g/mol. The van der Waals surface area contributed by atoms with Gasteiger partial charge in [0.25, 0.3) is 0 Å². The third-order valence-electron chi connectivity index (χ3n) is 3.20. The summed E-state index contributed by atoms with van der Waals surface area (Å²) >= 11 is 5.89. The van der Waals surface area contributed by atoms with Crippen LogP contribution in [0.4, 0.5) is 11.8 Å². The van der Waals surface area contributed by atoms with Gasteiger partial charge in [0.15, 0.2) is 5.82 Å². The molecule has 0 amide bonds. The molecule has 118 valence electrons. The van der Waals surface area contributed by atoms with Crippen molar-refractivity contribution in [3.8, 4) is 0 Å². The van der Waals surface area contributed by atoms with Crippen LogP contribution in [0.25, 0.3) is 0 Å². The zero-order chi connectivity index (χ0) is 15.8. The summed E-state index contributed by atoms with van der Waals surface area (Å²) in [5.74, 6) is 1.42. The molecule has 0 aliphatic rings. The van der Waals surface area contributed by atoms with E-state index < -0.39 is 0 Å². The Balaban J connectivity index is 2.02. The van der Waals surface area contributed by atoms with Crippen molar-refractivity contribution in [2.24, 2.45) is 0 Å². The maximum Gasteiger partial charge on any atom is 0.247 e. The third-order valence-corrected chi connectivity index (χ3v) is 3.46. The fourth-order valence-electron chi connectivity index (χ4n) is 2.16. The standard InChI is InChI=1S/C16H22ClN5/c1-3-9-22(10-4-2)16-20-15(12-19-21-16)18-11-13-5-7-14(17)8-6-13/h5-8,12H,3-4,9-11H2,1-2H3,(H,18,20,21). The zero-order valence-electron chi connectivity index (χ0n) is 13.1. The number of aromatic nitrogens is 3. The van der Waals surface area contributed by atoms with Crippen LogP contribution >= 0.6 is 11.6 Å². The molecule has 0 saturated heterocycles. The van der Waals surface area contributed by atoms with Crippen LogP contribution in [0.1, 0.15) is 32.3 Å². The summed E-state index contributed by atoms with van der Waals surface area (Å²) in [7, 11) is 0. The molecule has 0 bridgehead atoms. The van der Waals surface area contributed by atoms with E-state index in [1.807, 2.05) is 24.3 Å². The van der Waals surface area contributed by atoms with Gasteiger partial charge >= 0.3 is 0 Å². The molecule has 0 fully saturated rings. The lowest BCUT2D eigenvalue weighted by atomic mass is 10.2. The predicted octanol–water partition coefficient (Wildman–Crippen LogP) is 3.76. The lowest BCUT2D eigenvalue weighted by Crippen LogP contribution is -2.27. The van der Waals surface area contributed by atoms with Gasteiger partial charge in [0, 0.05) is 24.7 Å². The summed E-state index contributed by atoms with van der Waals surface area (Å²) < 4.78 is 0. The summed E-state index contributed by atoms with van der Waals surface area (Å²) in [6.07, 6.45) is 3.77. The van der Waals surface area contributed by atoms with Crippen LogP contribution in [-0.2, 0) is 6.54 Å². The average molecular weight is 320 g/mol. The van der Waals surface area contributed by atoms with Gasteiger partial charge in [0.05, 0.1) is 6.20 Å². The summed E-state index contributed by atoms with van der Waals surface area (Å²) in [6.45, 7) is 6.86.